The Hall–Kier alpha value is -3.93. The number of nitrogens with one attached hydrogen (secondary N) is 2. The second kappa shape index (κ2) is 8.83. The van der Waals surface area contributed by atoms with Crippen LogP contribution >= 0.6 is 0 Å². The minimum atomic E-state index is -0.483. The number of rotatable bonds is 6. The molecule has 0 aliphatic carbocycles. The highest BCUT2D eigenvalue weighted by molar-refractivity contribution is 6.09. The molecule has 3 aromatic rings. The lowest BCUT2D eigenvalue weighted by Gasteiger charge is -2.12. The zero-order valence-corrected chi connectivity index (χ0v) is 17.1. The molecule has 0 spiro atoms. The van der Waals surface area contributed by atoms with Crippen LogP contribution in [0.3, 0.4) is 0 Å². The molecule has 156 valence electrons. The fourth-order valence-electron chi connectivity index (χ4n) is 3.48. The average molecular weight is 414 g/mol. The third-order valence-corrected chi connectivity index (χ3v) is 5.15. The molecule has 1 heterocycles. The molecule has 1 fully saturated rings. The highest BCUT2D eigenvalue weighted by atomic mass is 16.5. The van der Waals surface area contributed by atoms with E-state index in [2.05, 4.69) is 10.6 Å². The van der Waals surface area contributed by atoms with Gasteiger partial charge in [-0.05, 0) is 61.4 Å². The van der Waals surface area contributed by atoms with Crippen LogP contribution in [0, 0.1) is 6.92 Å². The molecule has 6 heteroatoms. The summed E-state index contributed by atoms with van der Waals surface area (Å²) in [4.78, 5) is 36.1. The van der Waals surface area contributed by atoms with Gasteiger partial charge in [0.2, 0.25) is 11.8 Å². The van der Waals surface area contributed by atoms with Crippen LogP contribution in [0.15, 0.2) is 72.8 Å². The third-order valence-electron chi connectivity index (χ3n) is 5.15. The van der Waals surface area contributed by atoms with E-state index in [0.717, 1.165) is 5.56 Å². The average Bonchev–Trinajstić information content (AvgIpc) is 3.22. The number of aryl methyl sites for hydroxylation is 1. The van der Waals surface area contributed by atoms with Gasteiger partial charge in [-0.25, -0.2) is 0 Å². The van der Waals surface area contributed by atoms with Crippen molar-refractivity contribution in [2.75, 3.05) is 5.32 Å². The quantitative estimate of drug-likeness (QED) is 0.591. The van der Waals surface area contributed by atoms with Gasteiger partial charge in [0.25, 0.3) is 0 Å². The lowest BCUT2D eigenvalue weighted by atomic mass is 9.99. The van der Waals surface area contributed by atoms with E-state index < -0.39 is 6.04 Å². The maximum absolute atomic E-state index is 12.7. The molecule has 6 nitrogen and oxygen atoms in total. The summed E-state index contributed by atoms with van der Waals surface area (Å²) in [6, 6.07) is 21.0. The number of carbonyl (C=O) groups is 3. The predicted octanol–water partition coefficient (Wildman–Crippen LogP) is 4.24. The van der Waals surface area contributed by atoms with Crippen molar-refractivity contribution in [1.82, 2.24) is 5.32 Å². The number of hydrogen-bond acceptors (Lipinski definition) is 4. The molecule has 1 unspecified atom stereocenters. The maximum atomic E-state index is 12.7. The molecular formula is C25H22N2O4. The standard InChI is InChI=1S/C25H22N2O4/c1-16-15-20(11-12-21(16)24(29)17-5-3-2-4-6-17)31-19-9-7-18(8-10-19)26-25(30)22-13-14-23(28)27-22/h2-12,15,22H,13-14H2,1H3,(H,26,30)(H,27,28). The van der Waals surface area contributed by atoms with Gasteiger partial charge in [-0.1, -0.05) is 30.3 Å². The molecule has 0 bridgehead atoms. The van der Waals surface area contributed by atoms with Gasteiger partial charge >= 0.3 is 0 Å². The maximum Gasteiger partial charge on any atom is 0.246 e. The van der Waals surface area contributed by atoms with Crippen molar-refractivity contribution in [3.05, 3.63) is 89.5 Å². The normalized spacial score (nSPS) is 15.3. The van der Waals surface area contributed by atoms with E-state index in [1.54, 1.807) is 48.5 Å². The Morgan fingerprint density at radius 2 is 1.68 bits per heavy atom. The molecule has 0 aromatic heterocycles. The number of hydrogen-bond donors (Lipinski definition) is 2. The Balaban J connectivity index is 1.40. The molecule has 3 aromatic carbocycles. The molecule has 2 N–H and O–H groups in total. The van der Waals surface area contributed by atoms with Gasteiger partial charge in [-0.15, -0.1) is 0 Å². The van der Waals surface area contributed by atoms with Gasteiger partial charge in [-0.3, -0.25) is 14.4 Å². The van der Waals surface area contributed by atoms with Crippen LogP contribution in [0.4, 0.5) is 5.69 Å². The molecule has 1 aliphatic rings. The first-order chi connectivity index (χ1) is 15.0. The van der Waals surface area contributed by atoms with Crippen LogP contribution in [0.5, 0.6) is 11.5 Å². The molecule has 1 aliphatic heterocycles. The Morgan fingerprint density at radius 3 is 2.32 bits per heavy atom. The summed E-state index contributed by atoms with van der Waals surface area (Å²) >= 11 is 0. The fourth-order valence-corrected chi connectivity index (χ4v) is 3.48. The fraction of sp³-hybridized carbons (Fsp3) is 0.160. The lowest BCUT2D eigenvalue weighted by molar-refractivity contribution is -0.122. The summed E-state index contributed by atoms with van der Waals surface area (Å²) in [5.41, 5.74) is 2.73. The molecule has 31 heavy (non-hydrogen) atoms. The van der Waals surface area contributed by atoms with Crippen LogP contribution < -0.4 is 15.4 Å². The molecule has 4 rings (SSSR count). The van der Waals surface area contributed by atoms with E-state index in [0.29, 0.717) is 41.2 Å². The van der Waals surface area contributed by atoms with Crippen LogP contribution in [-0.2, 0) is 9.59 Å². The van der Waals surface area contributed by atoms with Gasteiger partial charge in [0.1, 0.15) is 17.5 Å². The number of carbonyl (C=O) groups excluding carboxylic acids is 3. The van der Waals surface area contributed by atoms with E-state index in [-0.39, 0.29) is 17.6 Å². The lowest BCUT2D eigenvalue weighted by Crippen LogP contribution is -2.37. The summed E-state index contributed by atoms with van der Waals surface area (Å²) in [6.45, 7) is 1.88. The van der Waals surface area contributed by atoms with Crippen molar-refractivity contribution >= 4 is 23.3 Å². The second-order valence-corrected chi connectivity index (χ2v) is 7.45. The van der Waals surface area contributed by atoms with Gasteiger partial charge in [0.05, 0.1) is 0 Å². The highest BCUT2D eigenvalue weighted by Crippen LogP contribution is 2.26. The van der Waals surface area contributed by atoms with Crippen molar-refractivity contribution in [3.63, 3.8) is 0 Å². The van der Waals surface area contributed by atoms with E-state index in [1.165, 1.54) is 0 Å². The second-order valence-electron chi connectivity index (χ2n) is 7.45. The predicted molar refractivity (Wildman–Crippen MR) is 117 cm³/mol. The van der Waals surface area contributed by atoms with Crippen molar-refractivity contribution in [2.45, 2.75) is 25.8 Å². The highest BCUT2D eigenvalue weighted by Gasteiger charge is 2.27. The van der Waals surface area contributed by atoms with Gasteiger partial charge < -0.3 is 15.4 Å². The van der Waals surface area contributed by atoms with E-state index in [1.807, 2.05) is 31.2 Å². The van der Waals surface area contributed by atoms with Crippen LogP contribution in [0.25, 0.3) is 0 Å². The van der Waals surface area contributed by atoms with Gasteiger partial charge in [-0.2, -0.15) is 0 Å². The number of benzene rings is 3. The molecular weight excluding hydrogens is 392 g/mol. The van der Waals surface area contributed by atoms with Crippen LogP contribution in [-0.4, -0.2) is 23.6 Å². The zero-order valence-electron chi connectivity index (χ0n) is 17.1. The summed E-state index contributed by atoms with van der Waals surface area (Å²) < 4.78 is 5.89. The van der Waals surface area contributed by atoms with Gasteiger partial charge in [0, 0.05) is 23.2 Å². The largest absolute Gasteiger partial charge is 0.457 e. The van der Waals surface area contributed by atoms with Crippen molar-refractivity contribution in [3.8, 4) is 11.5 Å². The number of amides is 2. The topological polar surface area (TPSA) is 84.5 Å². The summed E-state index contributed by atoms with van der Waals surface area (Å²) in [6.07, 6.45) is 0.883. The third kappa shape index (κ3) is 4.80. The number of anilines is 1. The summed E-state index contributed by atoms with van der Waals surface area (Å²) in [5, 5.41) is 5.44. The van der Waals surface area contributed by atoms with Crippen LogP contribution in [0.1, 0.15) is 34.3 Å². The zero-order chi connectivity index (χ0) is 21.8. The van der Waals surface area contributed by atoms with Crippen molar-refractivity contribution in [2.24, 2.45) is 0 Å². The molecule has 1 saturated heterocycles. The Kier molecular flexibility index (Phi) is 5.80. The molecule has 0 radical (unpaired) electrons. The van der Waals surface area contributed by atoms with Crippen molar-refractivity contribution < 1.29 is 19.1 Å². The van der Waals surface area contributed by atoms with Gasteiger partial charge in [0.15, 0.2) is 5.78 Å². The van der Waals surface area contributed by atoms with E-state index >= 15 is 0 Å². The molecule has 1 atom stereocenters. The van der Waals surface area contributed by atoms with Crippen molar-refractivity contribution in [1.29, 1.82) is 0 Å². The SMILES string of the molecule is Cc1cc(Oc2ccc(NC(=O)C3CCC(=O)N3)cc2)ccc1C(=O)c1ccccc1. The number of ketones is 1. The monoisotopic (exact) mass is 414 g/mol. The first-order valence-corrected chi connectivity index (χ1v) is 10.1. The minimum Gasteiger partial charge on any atom is -0.457 e. The first-order valence-electron chi connectivity index (χ1n) is 10.1. The smallest absolute Gasteiger partial charge is 0.246 e. The number of ether oxygens (including phenoxy) is 1. The summed E-state index contributed by atoms with van der Waals surface area (Å²) in [7, 11) is 0. The molecule has 0 saturated carbocycles. The Labute approximate surface area is 180 Å². The van der Waals surface area contributed by atoms with E-state index in [4.69, 9.17) is 4.74 Å². The van der Waals surface area contributed by atoms with E-state index in [9.17, 15) is 14.4 Å². The first kappa shape index (κ1) is 20.3. The Morgan fingerprint density at radius 1 is 0.968 bits per heavy atom. The van der Waals surface area contributed by atoms with Crippen LogP contribution in [0.2, 0.25) is 0 Å². The molecule has 2 amide bonds. The minimum absolute atomic E-state index is 0.0248. The summed E-state index contributed by atoms with van der Waals surface area (Å²) in [5.74, 6) is 0.869. The Bertz CT molecular complexity index is 1120.